The maximum atomic E-state index is 13.2. The van der Waals surface area contributed by atoms with Gasteiger partial charge in [0.2, 0.25) is 11.8 Å². The Morgan fingerprint density at radius 3 is 2.32 bits per heavy atom. The molecule has 7 heteroatoms. The van der Waals surface area contributed by atoms with Crippen molar-refractivity contribution in [2.45, 2.75) is 71.7 Å². The lowest BCUT2D eigenvalue weighted by Gasteiger charge is -2.35. The first kappa shape index (κ1) is 23.6. The van der Waals surface area contributed by atoms with Gasteiger partial charge in [0.15, 0.2) is 5.16 Å². The van der Waals surface area contributed by atoms with Crippen LogP contribution in [0.2, 0.25) is 0 Å². The molecule has 2 amide bonds. The van der Waals surface area contributed by atoms with E-state index >= 15 is 0 Å². The van der Waals surface area contributed by atoms with Crippen LogP contribution in [0.1, 0.15) is 48.0 Å². The van der Waals surface area contributed by atoms with Gasteiger partial charge in [0.05, 0.1) is 16.8 Å². The first-order chi connectivity index (χ1) is 14.7. The molecule has 0 aliphatic carbocycles. The Kier molecular flexibility index (Phi) is 7.68. The van der Waals surface area contributed by atoms with Crippen molar-refractivity contribution in [3.8, 4) is 0 Å². The van der Waals surface area contributed by atoms with E-state index in [2.05, 4.69) is 13.8 Å². The zero-order valence-electron chi connectivity index (χ0n) is 19.7. The molecule has 6 nitrogen and oxygen atoms in total. The molecule has 1 aromatic heterocycles. The highest BCUT2D eigenvalue weighted by Gasteiger charge is 2.27. The van der Waals surface area contributed by atoms with Gasteiger partial charge in [-0.05, 0) is 58.1 Å². The number of carbonyl (C=O) groups is 2. The second kappa shape index (κ2) is 10.1. The molecular formula is C24H36N4O2S. The molecule has 0 saturated carbocycles. The summed E-state index contributed by atoms with van der Waals surface area (Å²) in [6, 6.07) is 8.18. The Hall–Kier alpha value is -2.02. The number of likely N-dealkylation sites (tertiary alicyclic amines) is 1. The Morgan fingerprint density at radius 2 is 1.71 bits per heavy atom. The number of amides is 2. The van der Waals surface area contributed by atoms with Crippen LogP contribution in [0.4, 0.5) is 0 Å². The number of rotatable bonds is 7. The summed E-state index contributed by atoms with van der Waals surface area (Å²) in [6.45, 7) is 14.5. The molecule has 2 heterocycles. The molecule has 1 fully saturated rings. The fraction of sp³-hybridized carbons (Fsp3) is 0.625. The average molecular weight is 445 g/mol. The van der Waals surface area contributed by atoms with Crippen molar-refractivity contribution in [2.24, 2.45) is 11.8 Å². The smallest absolute Gasteiger partial charge is 0.242 e. The molecule has 2 aromatic rings. The SMILES string of the molecule is CC(C)N(C(=O)CSc1nc2ccccc2n1CC(=O)N1C[C@H](C)C[C@H](C)C1)C(C)C. The minimum Gasteiger partial charge on any atom is -0.341 e. The van der Waals surface area contributed by atoms with Crippen molar-refractivity contribution >= 4 is 34.6 Å². The normalized spacial score (nSPS) is 19.4. The third-order valence-electron chi connectivity index (χ3n) is 5.86. The van der Waals surface area contributed by atoms with Gasteiger partial charge in [-0.2, -0.15) is 0 Å². The van der Waals surface area contributed by atoms with E-state index in [1.165, 1.54) is 18.2 Å². The fourth-order valence-corrected chi connectivity index (χ4v) is 5.67. The van der Waals surface area contributed by atoms with Crippen LogP contribution in [-0.4, -0.2) is 62.1 Å². The molecule has 2 atom stereocenters. The summed E-state index contributed by atoms with van der Waals surface area (Å²) in [7, 11) is 0. The summed E-state index contributed by atoms with van der Waals surface area (Å²) in [4.78, 5) is 34.7. The third kappa shape index (κ3) is 5.62. The van der Waals surface area contributed by atoms with E-state index in [1.807, 2.05) is 66.3 Å². The zero-order valence-corrected chi connectivity index (χ0v) is 20.5. The second-order valence-electron chi connectivity index (χ2n) is 9.49. The first-order valence-corrected chi connectivity index (χ1v) is 12.3. The molecule has 1 aliphatic rings. The predicted octanol–water partition coefficient (Wildman–Crippen LogP) is 4.28. The van der Waals surface area contributed by atoms with Crippen LogP contribution < -0.4 is 0 Å². The predicted molar refractivity (Wildman–Crippen MR) is 127 cm³/mol. The lowest BCUT2D eigenvalue weighted by atomic mass is 9.92. The molecular weight excluding hydrogens is 408 g/mol. The van der Waals surface area contributed by atoms with Gasteiger partial charge in [-0.15, -0.1) is 0 Å². The van der Waals surface area contributed by atoms with Gasteiger partial charge in [0, 0.05) is 25.2 Å². The summed E-state index contributed by atoms with van der Waals surface area (Å²) in [5.74, 6) is 1.58. The van der Waals surface area contributed by atoms with E-state index < -0.39 is 0 Å². The molecule has 0 unspecified atom stereocenters. The number of para-hydroxylation sites is 2. The lowest BCUT2D eigenvalue weighted by Crippen LogP contribution is -2.44. The number of aromatic nitrogens is 2. The maximum Gasteiger partial charge on any atom is 0.242 e. The van der Waals surface area contributed by atoms with Crippen molar-refractivity contribution in [1.29, 1.82) is 0 Å². The van der Waals surface area contributed by atoms with E-state index in [0.717, 1.165) is 29.3 Å². The van der Waals surface area contributed by atoms with Crippen LogP contribution >= 0.6 is 11.8 Å². The summed E-state index contributed by atoms with van der Waals surface area (Å²) in [6.07, 6.45) is 1.17. The van der Waals surface area contributed by atoms with Gasteiger partial charge in [0.25, 0.3) is 0 Å². The van der Waals surface area contributed by atoms with E-state index in [1.54, 1.807) is 0 Å². The topological polar surface area (TPSA) is 58.4 Å². The van der Waals surface area contributed by atoms with Crippen molar-refractivity contribution < 1.29 is 9.59 Å². The Labute approximate surface area is 190 Å². The summed E-state index contributed by atoms with van der Waals surface area (Å²) in [5, 5.41) is 0.730. The fourth-order valence-electron chi connectivity index (χ4n) is 4.79. The Balaban J connectivity index is 1.80. The number of carbonyl (C=O) groups excluding carboxylic acids is 2. The number of benzene rings is 1. The van der Waals surface area contributed by atoms with Crippen LogP contribution in [0.25, 0.3) is 11.0 Å². The van der Waals surface area contributed by atoms with Gasteiger partial charge in [-0.3, -0.25) is 9.59 Å². The molecule has 3 rings (SSSR count). The van der Waals surface area contributed by atoms with E-state index in [9.17, 15) is 9.59 Å². The molecule has 1 aliphatic heterocycles. The average Bonchev–Trinajstić information content (AvgIpc) is 3.02. The van der Waals surface area contributed by atoms with Crippen LogP contribution in [-0.2, 0) is 16.1 Å². The van der Waals surface area contributed by atoms with Crippen LogP contribution in [0.3, 0.4) is 0 Å². The number of hydrogen-bond donors (Lipinski definition) is 0. The van der Waals surface area contributed by atoms with E-state index in [-0.39, 0.29) is 30.4 Å². The van der Waals surface area contributed by atoms with Crippen molar-refractivity contribution in [3.05, 3.63) is 24.3 Å². The van der Waals surface area contributed by atoms with Crippen LogP contribution in [0, 0.1) is 11.8 Å². The van der Waals surface area contributed by atoms with Gasteiger partial charge in [0.1, 0.15) is 6.54 Å². The molecule has 0 bridgehead atoms. The molecule has 31 heavy (non-hydrogen) atoms. The lowest BCUT2D eigenvalue weighted by molar-refractivity contribution is -0.134. The summed E-state index contributed by atoms with van der Waals surface area (Å²) >= 11 is 1.42. The van der Waals surface area contributed by atoms with Crippen molar-refractivity contribution in [2.75, 3.05) is 18.8 Å². The Bertz CT molecular complexity index is 905. The molecule has 170 valence electrons. The minimum absolute atomic E-state index is 0.0959. The zero-order chi connectivity index (χ0) is 22.7. The Morgan fingerprint density at radius 1 is 1.10 bits per heavy atom. The van der Waals surface area contributed by atoms with Gasteiger partial charge in [-0.25, -0.2) is 4.98 Å². The van der Waals surface area contributed by atoms with Crippen LogP contribution in [0.5, 0.6) is 0 Å². The standard InChI is InChI=1S/C24H36N4O2S/c1-16(2)28(17(3)4)23(30)15-31-24-25-20-9-7-8-10-21(20)27(24)14-22(29)26-12-18(5)11-19(6)13-26/h7-10,16-19H,11-15H2,1-6H3/t18-,19+. The molecule has 1 saturated heterocycles. The second-order valence-corrected chi connectivity index (χ2v) is 10.4. The van der Waals surface area contributed by atoms with E-state index in [4.69, 9.17) is 4.98 Å². The minimum atomic E-state index is 0.0959. The highest BCUT2D eigenvalue weighted by atomic mass is 32.2. The number of piperidine rings is 1. The number of nitrogens with zero attached hydrogens (tertiary/aromatic N) is 4. The van der Waals surface area contributed by atoms with E-state index in [0.29, 0.717) is 17.6 Å². The van der Waals surface area contributed by atoms with Crippen molar-refractivity contribution in [1.82, 2.24) is 19.4 Å². The summed E-state index contributed by atoms with van der Waals surface area (Å²) < 4.78 is 1.98. The highest BCUT2D eigenvalue weighted by Crippen LogP contribution is 2.26. The third-order valence-corrected chi connectivity index (χ3v) is 6.82. The highest BCUT2D eigenvalue weighted by molar-refractivity contribution is 7.99. The van der Waals surface area contributed by atoms with Gasteiger partial charge in [-0.1, -0.05) is 37.7 Å². The number of fused-ring (bicyclic) bond motifs is 1. The number of imidazole rings is 1. The van der Waals surface area contributed by atoms with Crippen LogP contribution in [0.15, 0.2) is 29.4 Å². The molecule has 0 radical (unpaired) electrons. The first-order valence-electron chi connectivity index (χ1n) is 11.3. The summed E-state index contributed by atoms with van der Waals surface area (Å²) in [5.41, 5.74) is 1.80. The molecule has 0 N–H and O–H groups in total. The maximum absolute atomic E-state index is 13.2. The van der Waals surface area contributed by atoms with Crippen molar-refractivity contribution in [3.63, 3.8) is 0 Å². The molecule has 1 aromatic carbocycles. The largest absolute Gasteiger partial charge is 0.341 e. The van der Waals surface area contributed by atoms with Gasteiger partial charge < -0.3 is 14.4 Å². The van der Waals surface area contributed by atoms with Gasteiger partial charge >= 0.3 is 0 Å². The molecule has 0 spiro atoms. The quantitative estimate of drug-likeness (QED) is 0.598. The number of thioether (sulfide) groups is 1. The monoisotopic (exact) mass is 444 g/mol. The number of hydrogen-bond acceptors (Lipinski definition) is 4.